The molecule has 5 heteroatoms. The Morgan fingerprint density at radius 2 is 2.05 bits per heavy atom. The standard InChI is InChI=1S/C16H22N2O3/c1-11-12(14(19)21-4)6-5-7-13(11)17-15(20)18-9-8-16(2,3)10-18/h5-7H,8-10H2,1-4H3,(H,17,20). The molecule has 2 amide bonds. The van der Waals surface area contributed by atoms with Crippen LogP contribution in [0.1, 0.15) is 36.2 Å². The number of nitrogens with one attached hydrogen (secondary N) is 1. The minimum absolute atomic E-state index is 0.120. The van der Waals surface area contributed by atoms with Crippen molar-refractivity contribution in [1.82, 2.24) is 4.90 Å². The first-order valence-corrected chi connectivity index (χ1v) is 7.08. The number of urea groups is 1. The van der Waals surface area contributed by atoms with E-state index in [1.165, 1.54) is 7.11 Å². The van der Waals surface area contributed by atoms with Crippen molar-refractivity contribution in [1.29, 1.82) is 0 Å². The number of methoxy groups -OCH3 is 1. The molecule has 0 spiro atoms. The van der Waals surface area contributed by atoms with Crippen molar-refractivity contribution in [2.45, 2.75) is 27.2 Å². The molecule has 1 aromatic carbocycles. The molecule has 114 valence electrons. The van der Waals surface area contributed by atoms with Crippen LogP contribution in [0.5, 0.6) is 0 Å². The molecule has 1 N–H and O–H groups in total. The molecule has 0 radical (unpaired) electrons. The topological polar surface area (TPSA) is 58.6 Å². The van der Waals surface area contributed by atoms with Crippen molar-refractivity contribution < 1.29 is 14.3 Å². The summed E-state index contributed by atoms with van der Waals surface area (Å²) in [7, 11) is 1.35. The van der Waals surface area contributed by atoms with Crippen LogP contribution in [0.3, 0.4) is 0 Å². The van der Waals surface area contributed by atoms with Gasteiger partial charge in [0.05, 0.1) is 12.7 Å². The molecule has 1 aliphatic rings. The van der Waals surface area contributed by atoms with Crippen LogP contribution in [0.25, 0.3) is 0 Å². The Morgan fingerprint density at radius 3 is 2.62 bits per heavy atom. The van der Waals surface area contributed by atoms with Crippen LogP contribution in [0.15, 0.2) is 18.2 Å². The van der Waals surface area contributed by atoms with Crippen LogP contribution in [0, 0.1) is 12.3 Å². The van der Waals surface area contributed by atoms with E-state index in [4.69, 9.17) is 4.74 Å². The molecule has 0 saturated carbocycles. The first-order valence-electron chi connectivity index (χ1n) is 7.08. The number of nitrogens with zero attached hydrogens (tertiary/aromatic N) is 1. The summed E-state index contributed by atoms with van der Waals surface area (Å²) in [5.74, 6) is -0.397. The van der Waals surface area contributed by atoms with E-state index in [-0.39, 0.29) is 11.4 Å². The van der Waals surface area contributed by atoms with Crippen molar-refractivity contribution in [3.63, 3.8) is 0 Å². The van der Waals surface area contributed by atoms with E-state index in [9.17, 15) is 9.59 Å². The Labute approximate surface area is 125 Å². The van der Waals surface area contributed by atoms with Crippen LogP contribution in [-0.4, -0.2) is 37.1 Å². The number of benzene rings is 1. The van der Waals surface area contributed by atoms with Gasteiger partial charge in [-0.05, 0) is 36.5 Å². The third-order valence-electron chi connectivity index (χ3n) is 3.95. The highest BCUT2D eigenvalue weighted by atomic mass is 16.5. The van der Waals surface area contributed by atoms with Gasteiger partial charge in [-0.25, -0.2) is 9.59 Å². The van der Waals surface area contributed by atoms with Crippen LogP contribution >= 0.6 is 0 Å². The number of amides is 2. The van der Waals surface area contributed by atoms with Gasteiger partial charge < -0.3 is 15.0 Å². The number of hydrogen-bond acceptors (Lipinski definition) is 3. The van der Waals surface area contributed by atoms with E-state index in [1.54, 1.807) is 25.1 Å². The molecule has 1 aromatic rings. The van der Waals surface area contributed by atoms with E-state index in [1.807, 2.05) is 4.90 Å². The fourth-order valence-electron chi connectivity index (χ4n) is 2.58. The third-order valence-corrected chi connectivity index (χ3v) is 3.95. The third kappa shape index (κ3) is 3.35. The summed E-state index contributed by atoms with van der Waals surface area (Å²) in [5.41, 5.74) is 2.00. The summed E-state index contributed by atoms with van der Waals surface area (Å²) in [5, 5.41) is 2.89. The van der Waals surface area contributed by atoms with Crippen LogP contribution < -0.4 is 5.32 Å². The highest BCUT2D eigenvalue weighted by Gasteiger charge is 2.32. The number of carbonyl (C=O) groups excluding carboxylic acids is 2. The van der Waals surface area contributed by atoms with Gasteiger partial charge in [-0.15, -0.1) is 0 Å². The maximum Gasteiger partial charge on any atom is 0.338 e. The van der Waals surface area contributed by atoms with Gasteiger partial charge in [0, 0.05) is 18.8 Å². The number of ether oxygens (including phenoxy) is 1. The minimum Gasteiger partial charge on any atom is -0.465 e. The largest absolute Gasteiger partial charge is 0.465 e. The van der Waals surface area contributed by atoms with Crippen LogP contribution in [0.4, 0.5) is 10.5 Å². The number of esters is 1. The SMILES string of the molecule is COC(=O)c1cccc(NC(=O)N2CCC(C)(C)C2)c1C. The minimum atomic E-state index is -0.397. The van der Waals surface area contributed by atoms with Crippen LogP contribution in [0.2, 0.25) is 0 Å². The second-order valence-electron chi connectivity index (χ2n) is 6.24. The van der Waals surface area contributed by atoms with E-state index in [0.29, 0.717) is 11.3 Å². The molecule has 0 unspecified atom stereocenters. The monoisotopic (exact) mass is 290 g/mol. The van der Waals surface area contributed by atoms with Gasteiger partial charge in [-0.2, -0.15) is 0 Å². The lowest BCUT2D eigenvalue weighted by atomic mass is 9.93. The number of carbonyl (C=O) groups is 2. The summed E-state index contributed by atoms with van der Waals surface area (Å²) in [6.07, 6.45) is 1.00. The fraction of sp³-hybridized carbons (Fsp3) is 0.500. The summed E-state index contributed by atoms with van der Waals surface area (Å²) in [6.45, 7) is 7.62. The molecule has 1 fully saturated rings. The average Bonchev–Trinajstić information content (AvgIpc) is 2.80. The summed E-state index contributed by atoms with van der Waals surface area (Å²) in [4.78, 5) is 25.8. The summed E-state index contributed by atoms with van der Waals surface area (Å²) >= 11 is 0. The lowest BCUT2D eigenvalue weighted by Gasteiger charge is -2.21. The molecule has 21 heavy (non-hydrogen) atoms. The maximum atomic E-state index is 12.3. The second kappa shape index (κ2) is 5.76. The molecule has 0 bridgehead atoms. The highest BCUT2D eigenvalue weighted by molar-refractivity contribution is 5.96. The maximum absolute atomic E-state index is 12.3. The normalized spacial score (nSPS) is 16.7. The van der Waals surface area contributed by atoms with Crippen molar-refractivity contribution in [2.24, 2.45) is 5.41 Å². The Morgan fingerprint density at radius 1 is 1.33 bits per heavy atom. The van der Waals surface area contributed by atoms with E-state index >= 15 is 0 Å². The molecule has 5 nitrogen and oxygen atoms in total. The number of anilines is 1. The zero-order valence-electron chi connectivity index (χ0n) is 13.0. The number of hydrogen-bond donors (Lipinski definition) is 1. The molecule has 1 aliphatic heterocycles. The molecule has 1 heterocycles. The van der Waals surface area contributed by atoms with Gasteiger partial charge in [0.1, 0.15) is 0 Å². The quantitative estimate of drug-likeness (QED) is 0.852. The fourth-order valence-corrected chi connectivity index (χ4v) is 2.58. The number of likely N-dealkylation sites (tertiary alicyclic amines) is 1. The van der Waals surface area contributed by atoms with E-state index in [0.717, 1.165) is 25.1 Å². The Hall–Kier alpha value is -2.04. The Bertz CT molecular complexity index is 567. The van der Waals surface area contributed by atoms with Gasteiger partial charge in [0.15, 0.2) is 0 Å². The van der Waals surface area contributed by atoms with E-state index in [2.05, 4.69) is 19.2 Å². The Balaban J connectivity index is 2.13. The molecular weight excluding hydrogens is 268 g/mol. The average molecular weight is 290 g/mol. The zero-order chi connectivity index (χ0) is 15.6. The molecule has 0 aliphatic carbocycles. The van der Waals surface area contributed by atoms with Gasteiger partial charge in [-0.3, -0.25) is 0 Å². The molecule has 0 atom stereocenters. The Kier molecular flexibility index (Phi) is 4.21. The van der Waals surface area contributed by atoms with Gasteiger partial charge in [0.2, 0.25) is 0 Å². The highest BCUT2D eigenvalue weighted by Crippen LogP contribution is 2.29. The van der Waals surface area contributed by atoms with Crippen molar-refractivity contribution in [3.05, 3.63) is 29.3 Å². The first-order chi connectivity index (χ1) is 9.84. The molecule has 1 saturated heterocycles. The lowest BCUT2D eigenvalue weighted by Crippen LogP contribution is -2.34. The molecule has 2 rings (SSSR count). The van der Waals surface area contributed by atoms with Gasteiger partial charge in [-0.1, -0.05) is 19.9 Å². The molecular formula is C16H22N2O3. The van der Waals surface area contributed by atoms with Crippen LogP contribution in [-0.2, 0) is 4.74 Å². The predicted molar refractivity (Wildman–Crippen MR) is 81.5 cm³/mol. The van der Waals surface area contributed by atoms with Crippen molar-refractivity contribution in [2.75, 3.05) is 25.5 Å². The first kappa shape index (κ1) is 15.4. The lowest BCUT2D eigenvalue weighted by molar-refractivity contribution is 0.0600. The summed E-state index contributed by atoms with van der Waals surface area (Å²) in [6, 6.07) is 5.10. The van der Waals surface area contributed by atoms with Gasteiger partial charge in [0.25, 0.3) is 0 Å². The van der Waals surface area contributed by atoms with E-state index < -0.39 is 5.97 Å². The van der Waals surface area contributed by atoms with Gasteiger partial charge >= 0.3 is 12.0 Å². The van der Waals surface area contributed by atoms with Crippen molar-refractivity contribution >= 4 is 17.7 Å². The van der Waals surface area contributed by atoms with Crippen molar-refractivity contribution in [3.8, 4) is 0 Å². The number of rotatable bonds is 2. The second-order valence-corrected chi connectivity index (χ2v) is 6.24. The predicted octanol–water partition coefficient (Wildman–Crippen LogP) is 3.05. The summed E-state index contributed by atoms with van der Waals surface area (Å²) < 4.78 is 4.74. The zero-order valence-corrected chi connectivity index (χ0v) is 13.0. The smallest absolute Gasteiger partial charge is 0.338 e. The molecule has 0 aromatic heterocycles.